The van der Waals surface area contributed by atoms with Crippen LogP contribution in [0.15, 0.2) is 41.9 Å². The van der Waals surface area contributed by atoms with Crippen LogP contribution in [-0.4, -0.2) is 32.3 Å². The topological polar surface area (TPSA) is 37.6 Å². The SMILES string of the molecule is CC1CCC(N(C(=O)Cc2csc3nc(-c4ccccc4)cn23)C2CC2)CC1. The van der Waals surface area contributed by atoms with E-state index in [9.17, 15) is 4.79 Å². The highest BCUT2D eigenvalue weighted by Gasteiger charge is 2.38. The third kappa shape index (κ3) is 3.48. The van der Waals surface area contributed by atoms with Crippen LogP contribution in [0.2, 0.25) is 0 Å². The second-order valence-corrected chi connectivity index (χ2v) is 9.33. The molecule has 2 aliphatic rings. The van der Waals surface area contributed by atoms with Gasteiger partial charge in [-0.05, 0) is 44.4 Å². The van der Waals surface area contributed by atoms with Gasteiger partial charge in [0.25, 0.3) is 0 Å². The molecule has 0 unspecified atom stereocenters. The summed E-state index contributed by atoms with van der Waals surface area (Å²) in [4.78, 5) is 21.3. The van der Waals surface area contributed by atoms with Crippen molar-refractivity contribution in [2.75, 3.05) is 0 Å². The number of nitrogens with zero attached hydrogens (tertiary/aromatic N) is 3. The average Bonchev–Trinajstić information content (AvgIpc) is 3.33. The van der Waals surface area contributed by atoms with E-state index >= 15 is 0 Å². The van der Waals surface area contributed by atoms with Crippen LogP contribution < -0.4 is 0 Å². The number of amides is 1. The fourth-order valence-corrected chi connectivity index (χ4v) is 5.40. The molecule has 0 N–H and O–H groups in total. The van der Waals surface area contributed by atoms with E-state index in [1.54, 1.807) is 11.3 Å². The molecule has 1 amide bonds. The molecule has 0 saturated heterocycles. The molecule has 2 heterocycles. The van der Waals surface area contributed by atoms with Crippen molar-refractivity contribution in [2.45, 2.75) is 64.0 Å². The first-order valence-electron chi connectivity index (χ1n) is 10.5. The third-order valence-electron chi connectivity index (χ3n) is 6.29. The van der Waals surface area contributed by atoms with E-state index in [-0.39, 0.29) is 0 Å². The van der Waals surface area contributed by atoms with Crippen molar-refractivity contribution in [1.29, 1.82) is 0 Å². The van der Waals surface area contributed by atoms with Crippen molar-refractivity contribution in [3.05, 3.63) is 47.6 Å². The van der Waals surface area contributed by atoms with E-state index in [2.05, 4.69) is 39.9 Å². The Kier molecular flexibility index (Phi) is 4.71. The van der Waals surface area contributed by atoms with Crippen LogP contribution >= 0.6 is 11.3 Å². The van der Waals surface area contributed by atoms with E-state index in [4.69, 9.17) is 4.98 Å². The van der Waals surface area contributed by atoms with Crippen LogP contribution in [0.25, 0.3) is 16.2 Å². The molecule has 4 nitrogen and oxygen atoms in total. The maximum atomic E-state index is 13.3. The second kappa shape index (κ2) is 7.36. The number of benzene rings is 1. The number of hydrogen-bond donors (Lipinski definition) is 0. The van der Waals surface area contributed by atoms with Crippen molar-refractivity contribution in [1.82, 2.24) is 14.3 Å². The molecule has 0 aliphatic heterocycles. The van der Waals surface area contributed by atoms with Crippen LogP contribution in [-0.2, 0) is 11.2 Å². The molecule has 1 aromatic carbocycles. The number of carbonyl (C=O) groups excluding carboxylic acids is 1. The Labute approximate surface area is 170 Å². The third-order valence-corrected chi connectivity index (χ3v) is 7.18. The highest BCUT2D eigenvalue weighted by atomic mass is 32.1. The average molecular weight is 394 g/mol. The van der Waals surface area contributed by atoms with Crippen molar-refractivity contribution in [2.24, 2.45) is 5.92 Å². The van der Waals surface area contributed by atoms with E-state index in [1.165, 1.54) is 38.5 Å². The lowest BCUT2D eigenvalue weighted by Crippen LogP contribution is -2.44. The van der Waals surface area contributed by atoms with Gasteiger partial charge in [0.05, 0.1) is 12.1 Å². The summed E-state index contributed by atoms with van der Waals surface area (Å²) in [5.41, 5.74) is 3.16. The molecule has 2 saturated carbocycles. The number of hydrogen-bond acceptors (Lipinski definition) is 3. The summed E-state index contributed by atoms with van der Waals surface area (Å²) in [5.74, 6) is 1.11. The summed E-state index contributed by atoms with van der Waals surface area (Å²) >= 11 is 1.62. The minimum Gasteiger partial charge on any atom is -0.336 e. The molecule has 5 rings (SSSR count). The normalized spacial score (nSPS) is 22.5. The Morgan fingerprint density at radius 2 is 1.79 bits per heavy atom. The largest absolute Gasteiger partial charge is 0.336 e. The molecule has 146 valence electrons. The standard InChI is InChI=1S/C23H27N3OS/c1-16-7-9-18(10-8-16)26(19-11-12-19)22(27)13-20-15-28-23-24-21(14-25(20)23)17-5-3-2-4-6-17/h2-6,14-16,18-19H,7-13H2,1H3. The zero-order valence-electron chi connectivity index (χ0n) is 16.4. The van der Waals surface area contributed by atoms with Gasteiger partial charge in [0, 0.05) is 34.9 Å². The molecule has 5 heteroatoms. The molecule has 2 aliphatic carbocycles. The predicted molar refractivity (Wildman–Crippen MR) is 113 cm³/mol. The summed E-state index contributed by atoms with van der Waals surface area (Å²) in [6.07, 6.45) is 9.77. The number of carbonyl (C=O) groups is 1. The van der Waals surface area contributed by atoms with Gasteiger partial charge in [-0.1, -0.05) is 37.3 Å². The van der Waals surface area contributed by atoms with Crippen molar-refractivity contribution in [3.8, 4) is 11.3 Å². The van der Waals surface area contributed by atoms with Gasteiger partial charge in [0.2, 0.25) is 5.91 Å². The quantitative estimate of drug-likeness (QED) is 0.599. The van der Waals surface area contributed by atoms with Crippen molar-refractivity contribution < 1.29 is 4.79 Å². The van der Waals surface area contributed by atoms with Crippen LogP contribution in [0, 0.1) is 5.92 Å². The molecule has 0 radical (unpaired) electrons. The van der Waals surface area contributed by atoms with Crippen LogP contribution in [0.4, 0.5) is 0 Å². The fourth-order valence-electron chi connectivity index (χ4n) is 4.53. The highest BCUT2D eigenvalue weighted by Crippen LogP contribution is 2.36. The summed E-state index contributed by atoms with van der Waals surface area (Å²) < 4.78 is 2.11. The second-order valence-electron chi connectivity index (χ2n) is 8.49. The zero-order valence-corrected chi connectivity index (χ0v) is 17.2. The Morgan fingerprint density at radius 1 is 1.11 bits per heavy atom. The first-order chi connectivity index (χ1) is 13.7. The molecule has 0 atom stereocenters. The Hall–Kier alpha value is -2.14. The monoisotopic (exact) mass is 393 g/mol. The zero-order chi connectivity index (χ0) is 19.1. The minimum absolute atomic E-state index is 0.303. The van der Waals surface area contributed by atoms with E-state index in [1.807, 2.05) is 18.2 Å². The summed E-state index contributed by atoms with van der Waals surface area (Å²) in [5, 5.41) is 2.10. The number of thiazole rings is 1. The number of imidazole rings is 1. The van der Waals surface area contributed by atoms with Crippen LogP contribution in [0.5, 0.6) is 0 Å². The molecule has 0 bridgehead atoms. The van der Waals surface area contributed by atoms with Crippen LogP contribution in [0.3, 0.4) is 0 Å². The Bertz CT molecular complexity index is 964. The predicted octanol–water partition coefficient (Wildman–Crippen LogP) is 5.18. The Balaban J connectivity index is 1.36. The highest BCUT2D eigenvalue weighted by molar-refractivity contribution is 7.15. The summed E-state index contributed by atoms with van der Waals surface area (Å²) in [6.45, 7) is 2.34. The minimum atomic E-state index is 0.303. The molecule has 2 fully saturated rings. The van der Waals surface area contributed by atoms with Gasteiger partial charge < -0.3 is 4.90 Å². The first-order valence-corrected chi connectivity index (χ1v) is 11.4. The molecule has 2 aromatic heterocycles. The lowest BCUT2D eigenvalue weighted by Gasteiger charge is -2.36. The molecular formula is C23H27N3OS. The van der Waals surface area contributed by atoms with Gasteiger partial charge in [-0.2, -0.15) is 0 Å². The lowest BCUT2D eigenvalue weighted by molar-refractivity contribution is -0.134. The first kappa shape index (κ1) is 17.9. The van der Waals surface area contributed by atoms with Gasteiger partial charge in [-0.25, -0.2) is 4.98 Å². The van der Waals surface area contributed by atoms with Crippen LogP contribution in [0.1, 0.15) is 51.1 Å². The summed E-state index contributed by atoms with van der Waals surface area (Å²) in [6, 6.07) is 11.2. The van der Waals surface area contributed by atoms with E-state index in [0.29, 0.717) is 24.4 Å². The maximum Gasteiger partial charge on any atom is 0.229 e. The van der Waals surface area contributed by atoms with E-state index < -0.39 is 0 Å². The number of rotatable bonds is 5. The maximum absolute atomic E-state index is 13.3. The lowest BCUT2D eigenvalue weighted by atomic mass is 9.86. The summed E-state index contributed by atoms with van der Waals surface area (Å²) in [7, 11) is 0. The molecule has 28 heavy (non-hydrogen) atoms. The molecule has 3 aromatic rings. The van der Waals surface area contributed by atoms with Crippen molar-refractivity contribution in [3.63, 3.8) is 0 Å². The Morgan fingerprint density at radius 3 is 2.46 bits per heavy atom. The van der Waals surface area contributed by atoms with Gasteiger partial charge in [-0.3, -0.25) is 9.20 Å². The van der Waals surface area contributed by atoms with E-state index in [0.717, 1.165) is 27.8 Å². The number of aromatic nitrogens is 2. The van der Waals surface area contributed by atoms with Gasteiger partial charge in [0.1, 0.15) is 0 Å². The van der Waals surface area contributed by atoms with Crippen molar-refractivity contribution >= 4 is 22.2 Å². The van der Waals surface area contributed by atoms with Gasteiger partial charge in [0.15, 0.2) is 4.96 Å². The molecular weight excluding hydrogens is 366 g/mol. The fraction of sp³-hybridized carbons (Fsp3) is 0.478. The van der Waals surface area contributed by atoms with Gasteiger partial charge >= 0.3 is 0 Å². The number of fused-ring (bicyclic) bond motifs is 1. The molecule has 0 spiro atoms. The smallest absolute Gasteiger partial charge is 0.229 e. The van der Waals surface area contributed by atoms with Gasteiger partial charge in [-0.15, -0.1) is 11.3 Å².